The number of aryl methyl sites for hydroxylation is 1. The number of methoxy groups -OCH3 is 2. The van der Waals surface area contributed by atoms with Gasteiger partial charge in [0, 0.05) is 35.9 Å². The molecule has 1 aromatic heterocycles. The van der Waals surface area contributed by atoms with E-state index in [9.17, 15) is 14.4 Å². The number of aromatic nitrogens is 1. The molecular formula is C29H32N4O5S. The van der Waals surface area contributed by atoms with Crippen LogP contribution < -0.4 is 10.6 Å². The number of esters is 1. The second kappa shape index (κ2) is 11.4. The average Bonchev–Trinajstić information content (AvgIpc) is 3.68. The van der Waals surface area contributed by atoms with Crippen LogP contribution in [0, 0.1) is 6.92 Å². The van der Waals surface area contributed by atoms with E-state index in [1.54, 1.807) is 4.90 Å². The van der Waals surface area contributed by atoms with Gasteiger partial charge >= 0.3 is 12.1 Å². The summed E-state index contributed by atoms with van der Waals surface area (Å²) in [4.78, 5) is 44.1. The topological polar surface area (TPSA) is 110 Å². The van der Waals surface area contributed by atoms with Gasteiger partial charge in [-0.1, -0.05) is 35.6 Å². The molecule has 0 atom stereocenters. The molecule has 1 aliphatic heterocycles. The highest BCUT2D eigenvalue weighted by molar-refractivity contribution is 7.18. The molecule has 1 saturated heterocycles. The van der Waals surface area contributed by atoms with E-state index >= 15 is 0 Å². The predicted octanol–water partition coefficient (Wildman–Crippen LogP) is 5.49. The first-order valence-electron chi connectivity index (χ1n) is 13.1. The van der Waals surface area contributed by atoms with Crippen LogP contribution in [-0.4, -0.2) is 61.2 Å². The lowest BCUT2D eigenvalue weighted by atomic mass is 9.88. The number of hydrogen-bond donors (Lipinski definition) is 2. The van der Waals surface area contributed by atoms with Gasteiger partial charge in [-0.25, -0.2) is 14.6 Å². The van der Waals surface area contributed by atoms with E-state index in [1.807, 2.05) is 37.3 Å². The van der Waals surface area contributed by atoms with Gasteiger partial charge in [0.1, 0.15) is 4.88 Å². The maximum atomic E-state index is 12.7. The molecule has 39 heavy (non-hydrogen) atoms. The molecular weight excluding hydrogens is 516 g/mol. The van der Waals surface area contributed by atoms with E-state index in [1.165, 1.54) is 25.6 Å². The smallest absolute Gasteiger partial charge is 0.409 e. The molecule has 0 radical (unpaired) electrons. The molecule has 2 heterocycles. The van der Waals surface area contributed by atoms with Crippen LogP contribution in [0.25, 0.3) is 11.3 Å². The average molecular weight is 549 g/mol. The van der Waals surface area contributed by atoms with Crippen molar-refractivity contribution in [2.24, 2.45) is 0 Å². The van der Waals surface area contributed by atoms with Crippen LogP contribution >= 0.6 is 11.3 Å². The van der Waals surface area contributed by atoms with E-state index in [2.05, 4.69) is 22.8 Å². The number of carbonyl (C=O) groups is 3. The lowest BCUT2D eigenvalue weighted by molar-refractivity contribution is 0.0606. The molecule has 0 unspecified atom stereocenters. The van der Waals surface area contributed by atoms with Gasteiger partial charge in [-0.15, -0.1) is 0 Å². The normalized spacial score (nSPS) is 15.5. The zero-order chi connectivity index (χ0) is 27.5. The van der Waals surface area contributed by atoms with E-state index in [-0.39, 0.29) is 24.0 Å². The molecule has 2 aromatic carbocycles. The number of piperidine rings is 1. The van der Waals surface area contributed by atoms with Gasteiger partial charge in [-0.05, 0) is 67.9 Å². The van der Waals surface area contributed by atoms with Gasteiger partial charge < -0.3 is 25.0 Å². The van der Waals surface area contributed by atoms with Crippen LogP contribution in [0.4, 0.5) is 15.6 Å². The van der Waals surface area contributed by atoms with E-state index in [4.69, 9.17) is 14.5 Å². The summed E-state index contributed by atoms with van der Waals surface area (Å²) in [6.07, 6.45) is 3.41. The Morgan fingerprint density at radius 1 is 1.00 bits per heavy atom. The summed E-state index contributed by atoms with van der Waals surface area (Å²) < 4.78 is 9.92. The molecule has 204 valence electrons. The number of benzene rings is 2. The molecule has 2 fully saturated rings. The minimum Gasteiger partial charge on any atom is -0.465 e. The summed E-state index contributed by atoms with van der Waals surface area (Å²) in [5, 5.41) is 6.86. The fraction of sp³-hybridized carbons (Fsp3) is 0.379. The van der Waals surface area contributed by atoms with Crippen molar-refractivity contribution in [3.05, 3.63) is 64.0 Å². The highest BCUT2D eigenvalue weighted by Gasteiger charge is 2.27. The van der Waals surface area contributed by atoms with Crippen LogP contribution in [0.15, 0.2) is 42.5 Å². The Balaban J connectivity index is 1.39. The number of anilines is 2. The molecule has 2 N–H and O–H groups in total. The molecule has 2 amide bonds. The standard InChI is InChI=1S/C29H32N4O5S/c1-17-7-8-21(26(34)30-22-9-10-22)16-23(17)31-28-32-24(25(39-28)27(35)37-2)20-6-4-5-19(15-20)18-11-13-33(14-12-18)29(36)38-3/h4-8,15-16,18,22H,9-14H2,1-3H3,(H,30,34)(H,31,32). The number of hydrogen-bond acceptors (Lipinski definition) is 8. The largest absolute Gasteiger partial charge is 0.465 e. The Kier molecular flexibility index (Phi) is 7.83. The lowest BCUT2D eigenvalue weighted by Crippen LogP contribution is -2.37. The van der Waals surface area contributed by atoms with Crippen LogP contribution in [0.5, 0.6) is 0 Å². The lowest BCUT2D eigenvalue weighted by Gasteiger charge is -2.31. The van der Waals surface area contributed by atoms with Gasteiger partial charge in [-0.3, -0.25) is 4.79 Å². The van der Waals surface area contributed by atoms with Crippen molar-refractivity contribution in [1.82, 2.24) is 15.2 Å². The van der Waals surface area contributed by atoms with Gasteiger partial charge in [0.2, 0.25) is 0 Å². The summed E-state index contributed by atoms with van der Waals surface area (Å²) in [5.41, 5.74) is 4.78. The SMILES string of the molecule is COC(=O)c1sc(Nc2cc(C(=O)NC3CC3)ccc2C)nc1-c1cccc(C2CCN(C(=O)OC)CC2)c1. The van der Waals surface area contributed by atoms with Crippen molar-refractivity contribution in [2.75, 3.05) is 32.6 Å². The van der Waals surface area contributed by atoms with Crippen LogP contribution in [0.2, 0.25) is 0 Å². The second-order valence-electron chi connectivity index (χ2n) is 9.95. The Labute approximate surface area is 231 Å². The molecule has 0 spiro atoms. The third kappa shape index (κ3) is 6.06. The summed E-state index contributed by atoms with van der Waals surface area (Å²) in [6, 6.07) is 13.8. The van der Waals surface area contributed by atoms with E-state index in [0.717, 1.165) is 48.1 Å². The minimum atomic E-state index is -0.457. The number of thiazole rings is 1. The third-order valence-corrected chi connectivity index (χ3v) is 8.16. The fourth-order valence-electron chi connectivity index (χ4n) is 4.77. The summed E-state index contributed by atoms with van der Waals surface area (Å²) in [5.74, 6) is -0.262. The molecule has 1 aliphatic carbocycles. The van der Waals surface area contributed by atoms with E-state index < -0.39 is 5.97 Å². The van der Waals surface area contributed by atoms with Crippen molar-refractivity contribution < 1.29 is 23.9 Å². The Bertz CT molecular complexity index is 1390. The number of nitrogens with zero attached hydrogens (tertiary/aromatic N) is 2. The molecule has 0 bridgehead atoms. The van der Waals surface area contributed by atoms with Crippen LogP contribution in [0.1, 0.15) is 62.8 Å². The van der Waals surface area contributed by atoms with Crippen molar-refractivity contribution in [3.8, 4) is 11.3 Å². The van der Waals surface area contributed by atoms with Gasteiger partial charge in [0.25, 0.3) is 5.91 Å². The molecule has 1 saturated carbocycles. The number of nitrogens with one attached hydrogen (secondary N) is 2. The quantitative estimate of drug-likeness (QED) is 0.376. The van der Waals surface area contributed by atoms with Crippen LogP contribution in [0.3, 0.4) is 0 Å². The van der Waals surface area contributed by atoms with E-state index in [0.29, 0.717) is 34.4 Å². The molecule has 9 nitrogen and oxygen atoms in total. The summed E-state index contributed by atoms with van der Waals surface area (Å²) in [7, 11) is 2.76. The van der Waals surface area contributed by atoms with Gasteiger partial charge in [-0.2, -0.15) is 0 Å². The van der Waals surface area contributed by atoms with Gasteiger partial charge in [0.15, 0.2) is 5.13 Å². The van der Waals surface area contributed by atoms with Crippen molar-refractivity contribution in [2.45, 2.75) is 44.6 Å². The number of amides is 2. The Hall–Kier alpha value is -3.92. The molecule has 3 aromatic rings. The second-order valence-corrected chi connectivity index (χ2v) is 10.9. The van der Waals surface area contributed by atoms with Crippen LogP contribution in [-0.2, 0) is 9.47 Å². The first-order valence-corrected chi connectivity index (χ1v) is 13.9. The summed E-state index contributed by atoms with van der Waals surface area (Å²) in [6.45, 7) is 3.23. The van der Waals surface area contributed by atoms with Crippen molar-refractivity contribution >= 4 is 40.1 Å². The minimum absolute atomic E-state index is 0.0927. The first-order chi connectivity index (χ1) is 18.9. The van der Waals surface area contributed by atoms with Gasteiger partial charge in [0.05, 0.1) is 19.9 Å². The fourth-order valence-corrected chi connectivity index (χ4v) is 5.69. The highest BCUT2D eigenvalue weighted by atomic mass is 32.1. The monoisotopic (exact) mass is 548 g/mol. The zero-order valence-corrected chi connectivity index (χ0v) is 23.1. The molecule has 2 aliphatic rings. The maximum absolute atomic E-state index is 12.7. The zero-order valence-electron chi connectivity index (χ0n) is 22.3. The number of rotatable bonds is 7. The highest BCUT2D eigenvalue weighted by Crippen LogP contribution is 2.36. The molecule has 10 heteroatoms. The van der Waals surface area contributed by atoms with Crippen molar-refractivity contribution in [3.63, 3.8) is 0 Å². The third-order valence-electron chi connectivity index (χ3n) is 7.21. The maximum Gasteiger partial charge on any atom is 0.409 e. The Morgan fingerprint density at radius 2 is 1.77 bits per heavy atom. The predicted molar refractivity (Wildman–Crippen MR) is 150 cm³/mol. The number of carbonyl (C=O) groups excluding carboxylic acids is 3. The Morgan fingerprint density at radius 3 is 2.46 bits per heavy atom. The molecule has 5 rings (SSSR count). The first kappa shape index (κ1) is 26.7. The number of likely N-dealkylation sites (tertiary alicyclic amines) is 1. The summed E-state index contributed by atoms with van der Waals surface area (Å²) >= 11 is 1.22. The number of ether oxygens (including phenoxy) is 2. The van der Waals surface area contributed by atoms with Crippen molar-refractivity contribution in [1.29, 1.82) is 0 Å².